The van der Waals surface area contributed by atoms with Crippen LogP contribution in [0.2, 0.25) is 0 Å². The zero-order valence-corrected chi connectivity index (χ0v) is 22.5. The zero-order valence-electron chi connectivity index (χ0n) is 21.7. The van der Waals surface area contributed by atoms with Gasteiger partial charge in [0.25, 0.3) is 0 Å². The van der Waals surface area contributed by atoms with Crippen LogP contribution >= 0.6 is 11.3 Å². The third-order valence-corrected chi connectivity index (χ3v) is 7.88. The Kier molecular flexibility index (Phi) is 8.30. The Morgan fingerprint density at radius 3 is 2.49 bits per heavy atom. The molecular formula is C27H31N7O4S. The number of likely N-dealkylation sites (tertiary alicyclic amines) is 2. The van der Waals surface area contributed by atoms with E-state index in [9.17, 15) is 14.4 Å². The number of aromatic nitrogens is 3. The van der Waals surface area contributed by atoms with E-state index in [-0.39, 0.29) is 23.7 Å². The second kappa shape index (κ2) is 12.2. The standard InChI is InChI=1S/C27H31N7O4S/c1-18(35)33-13-8-21(9-14-33)26(36)34-12-7-19(15-34)16-38-24-4-2-3-22(29-24)31-27(37)32-23-17-39-25(30-23)20-5-10-28-11-6-20/h2-6,10-11,17,19,21H,7-9,12-16H2,1H3,(H2,29,31,32,37). The maximum absolute atomic E-state index is 13.0. The van der Waals surface area contributed by atoms with E-state index in [4.69, 9.17) is 4.74 Å². The van der Waals surface area contributed by atoms with E-state index in [0.717, 1.165) is 29.8 Å². The first-order valence-corrected chi connectivity index (χ1v) is 13.9. The topological polar surface area (TPSA) is 130 Å². The van der Waals surface area contributed by atoms with E-state index < -0.39 is 6.03 Å². The van der Waals surface area contributed by atoms with Crippen LogP contribution in [0.1, 0.15) is 26.2 Å². The number of anilines is 2. The summed E-state index contributed by atoms with van der Waals surface area (Å²) in [5, 5.41) is 7.99. The maximum atomic E-state index is 13.0. The van der Waals surface area contributed by atoms with Gasteiger partial charge in [-0.3, -0.25) is 25.2 Å². The summed E-state index contributed by atoms with van der Waals surface area (Å²) in [5.74, 6) is 1.67. The fraction of sp³-hybridized carbons (Fsp3) is 0.407. The first-order chi connectivity index (χ1) is 18.9. The fourth-order valence-electron chi connectivity index (χ4n) is 4.86. The lowest BCUT2D eigenvalue weighted by atomic mass is 9.95. The van der Waals surface area contributed by atoms with Crippen LogP contribution in [0.25, 0.3) is 10.6 Å². The number of piperidine rings is 1. The molecule has 2 aliphatic heterocycles. The normalized spacial score (nSPS) is 17.6. The summed E-state index contributed by atoms with van der Waals surface area (Å²) < 4.78 is 5.92. The summed E-state index contributed by atoms with van der Waals surface area (Å²) in [7, 11) is 0. The largest absolute Gasteiger partial charge is 0.477 e. The number of ether oxygens (including phenoxy) is 1. The van der Waals surface area contributed by atoms with Gasteiger partial charge in [-0.05, 0) is 37.5 Å². The fourth-order valence-corrected chi connectivity index (χ4v) is 5.62. The van der Waals surface area contributed by atoms with E-state index in [0.29, 0.717) is 50.3 Å². The van der Waals surface area contributed by atoms with Gasteiger partial charge in [-0.2, -0.15) is 4.98 Å². The molecule has 5 rings (SSSR count). The van der Waals surface area contributed by atoms with Gasteiger partial charge in [0.2, 0.25) is 17.7 Å². The molecule has 2 N–H and O–H groups in total. The third-order valence-electron chi connectivity index (χ3n) is 6.99. The Morgan fingerprint density at radius 1 is 0.974 bits per heavy atom. The minimum absolute atomic E-state index is 0.0117. The minimum Gasteiger partial charge on any atom is -0.477 e. The van der Waals surface area contributed by atoms with Gasteiger partial charge < -0.3 is 14.5 Å². The first-order valence-electron chi connectivity index (χ1n) is 13.0. The number of nitrogens with one attached hydrogen (secondary N) is 2. The Bertz CT molecular complexity index is 1310. The summed E-state index contributed by atoms with van der Waals surface area (Å²) in [6, 6.07) is 8.46. The Hall–Kier alpha value is -4.06. The van der Waals surface area contributed by atoms with Crippen molar-refractivity contribution in [2.24, 2.45) is 11.8 Å². The van der Waals surface area contributed by atoms with Crippen molar-refractivity contribution in [1.82, 2.24) is 24.8 Å². The summed E-state index contributed by atoms with van der Waals surface area (Å²) in [4.78, 5) is 53.6. The maximum Gasteiger partial charge on any atom is 0.326 e. The minimum atomic E-state index is -0.453. The molecule has 4 amide bonds. The van der Waals surface area contributed by atoms with E-state index >= 15 is 0 Å². The Labute approximate surface area is 230 Å². The number of carbonyl (C=O) groups excluding carboxylic acids is 3. The molecule has 11 nitrogen and oxygen atoms in total. The summed E-state index contributed by atoms with van der Waals surface area (Å²) in [6.45, 7) is 4.68. The van der Waals surface area contributed by atoms with Gasteiger partial charge in [0.1, 0.15) is 16.6 Å². The molecule has 204 valence electrons. The highest BCUT2D eigenvalue weighted by Crippen LogP contribution is 2.26. The zero-order chi connectivity index (χ0) is 27.2. The quantitative estimate of drug-likeness (QED) is 0.459. The number of urea groups is 1. The predicted octanol–water partition coefficient (Wildman–Crippen LogP) is 3.73. The summed E-state index contributed by atoms with van der Waals surface area (Å²) >= 11 is 1.43. The number of rotatable bonds is 7. The molecular weight excluding hydrogens is 518 g/mol. The third kappa shape index (κ3) is 6.88. The lowest BCUT2D eigenvalue weighted by Gasteiger charge is -2.32. The smallest absolute Gasteiger partial charge is 0.326 e. The second-order valence-corrected chi connectivity index (χ2v) is 10.6. The van der Waals surface area contributed by atoms with Gasteiger partial charge in [-0.15, -0.1) is 11.3 Å². The van der Waals surface area contributed by atoms with Crippen LogP contribution in [0.4, 0.5) is 16.4 Å². The van der Waals surface area contributed by atoms with Crippen LogP contribution in [0, 0.1) is 11.8 Å². The van der Waals surface area contributed by atoms with Crippen LogP contribution in [-0.2, 0) is 9.59 Å². The van der Waals surface area contributed by atoms with Crippen LogP contribution in [-0.4, -0.2) is 75.4 Å². The van der Waals surface area contributed by atoms with Crippen molar-refractivity contribution in [2.75, 3.05) is 43.4 Å². The summed E-state index contributed by atoms with van der Waals surface area (Å²) in [5.41, 5.74) is 0.930. The molecule has 12 heteroatoms. The van der Waals surface area contributed by atoms with E-state index in [2.05, 4.69) is 25.6 Å². The predicted molar refractivity (Wildman–Crippen MR) is 147 cm³/mol. The molecule has 2 saturated heterocycles. The molecule has 39 heavy (non-hydrogen) atoms. The highest BCUT2D eigenvalue weighted by Gasteiger charge is 2.33. The molecule has 5 heterocycles. The van der Waals surface area contributed by atoms with Crippen LogP contribution in [0.5, 0.6) is 5.88 Å². The van der Waals surface area contributed by atoms with Crippen molar-refractivity contribution < 1.29 is 19.1 Å². The highest BCUT2D eigenvalue weighted by molar-refractivity contribution is 7.13. The number of hydrogen-bond donors (Lipinski definition) is 2. The number of amides is 4. The van der Waals surface area contributed by atoms with E-state index in [1.807, 2.05) is 21.9 Å². The highest BCUT2D eigenvalue weighted by atomic mass is 32.1. The second-order valence-electron chi connectivity index (χ2n) is 9.74. The molecule has 1 atom stereocenters. The lowest BCUT2D eigenvalue weighted by molar-refractivity contribution is -0.139. The molecule has 0 radical (unpaired) electrons. The first kappa shape index (κ1) is 26.5. The van der Waals surface area contributed by atoms with Crippen LogP contribution < -0.4 is 15.4 Å². The van der Waals surface area contributed by atoms with Crippen LogP contribution in [0.15, 0.2) is 48.1 Å². The van der Waals surface area contributed by atoms with Gasteiger partial charge in [0.15, 0.2) is 0 Å². The number of hydrogen-bond acceptors (Lipinski definition) is 8. The van der Waals surface area contributed by atoms with Crippen molar-refractivity contribution in [2.45, 2.75) is 26.2 Å². The average molecular weight is 550 g/mol. The van der Waals surface area contributed by atoms with E-state index in [1.54, 1.807) is 42.9 Å². The van der Waals surface area contributed by atoms with Crippen LogP contribution in [0.3, 0.4) is 0 Å². The van der Waals surface area contributed by atoms with Gasteiger partial charge in [0, 0.05) is 74.3 Å². The molecule has 2 fully saturated rings. The van der Waals surface area contributed by atoms with Gasteiger partial charge in [-0.25, -0.2) is 9.78 Å². The molecule has 1 unspecified atom stereocenters. The van der Waals surface area contributed by atoms with Gasteiger partial charge >= 0.3 is 6.03 Å². The van der Waals surface area contributed by atoms with Crippen molar-refractivity contribution in [3.05, 3.63) is 48.1 Å². The molecule has 3 aromatic heterocycles. The summed E-state index contributed by atoms with van der Waals surface area (Å²) in [6.07, 6.45) is 5.71. The Morgan fingerprint density at radius 2 is 1.72 bits per heavy atom. The molecule has 2 aliphatic rings. The van der Waals surface area contributed by atoms with Crippen molar-refractivity contribution in [1.29, 1.82) is 0 Å². The molecule has 0 spiro atoms. The SMILES string of the molecule is CC(=O)N1CCC(C(=O)N2CCC(COc3cccc(NC(=O)Nc4csc(-c5ccncc5)n4)n3)C2)CC1. The van der Waals surface area contributed by atoms with E-state index in [1.165, 1.54) is 11.3 Å². The van der Waals surface area contributed by atoms with Crippen molar-refractivity contribution in [3.8, 4) is 16.5 Å². The average Bonchev–Trinajstić information content (AvgIpc) is 3.62. The molecule has 0 bridgehead atoms. The molecule has 0 aromatic carbocycles. The van der Waals surface area contributed by atoms with Crippen molar-refractivity contribution >= 4 is 40.8 Å². The molecule has 3 aromatic rings. The van der Waals surface area contributed by atoms with Gasteiger partial charge in [0.05, 0.1) is 6.61 Å². The number of pyridine rings is 2. The monoisotopic (exact) mass is 549 g/mol. The molecule has 0 aliphatic carbocycles. The number of thiazole rings is 1. The number of carbonyl (C=O) groups is 3. The molecule has 0 saturated carbocycles. The number of nitrogens with zero attached hydrogens (tertiary/aromatic N) is 5. The van der Waals surface area contributed by atoms with Gasteiger partial charge in [-0.1, -0.05) is 6.07 Å². The van der Waals surface area contributed by atoms with Crippen molar-refractivity contribution in [3.63, 3.8) is 0 Å². The Balaban J connectivity index is 1.07. The lowest BCUT2D eigenvalue weighted by Crippen LogP contribution is -2.43.